The second-order valence-corrected chi connectivity index (χ2v) is 6.04. The van der Waals surface area contributed by atoms with E-state index < -0.39 is 0 Å². The van der Waals surface area contributed by atoms with Crippen molar-refractivity contribution in [3.8, 4) is 11.5 Å². The van der Waals surface area contributed by atoms with Crippen molar-refractivity contribution < 1.29 is 9.47 Å². The summed E-state index contributed by atoms with van der Waals surface area (Å²) in [5, 5.41) is 3.66. The van der Waals surface area contributed by atoms with Gasteiger partial charge in [0.1, 0.15) is 0 Å². The number of fused-ring (bicyclic) bond motifs is 1. The van der Waals surface area contributed by atoms with Gasteiger partial charge >= 0.3 is 0 Å². The van der Waals surface area contributed by atoms with E-state index in [4.69, 9.17) is 9.47 Å². The largest absolute Gasteiger partial charge is 0.490 e. The number of para-hydroxylation sites is 1. The summed E-state index contributed by atoms with van der Waals surface area (Å²) in [5.41, 5.74) is 2.63. The van der Waals surface area contributed by atoms with Gasteiger partial charge in [0.05, 0.1) is 13.2 Å². The van der Waals surface area contributed by atoms with Gasteiger partial charge in [-0.2, -0.15) is 0 Å². The van der Waals surface area contributed by atoms with Crippen LogP contribution >= 0.6 is 0 Å². The molecule has 2 atom stereocenters. The lowest BCUT2D eigenvalue weighted by Crippen LogP contribution is -2.18. The van der Waals surface area contributed by atoms with Crippen molar-refractivity contribution in [2.75, 3.05) is 13.2 Å². The Morgan fingerprint density at radius 3 is 2.73 bits per heavy atom. The molecule has 22 heavy (non-hydrogen) atoms. The van der Waals surface area contributed by atoms with Gasteiger partial charge in [-0.25, -0.2) is 0 Å². The monoisotopic (exact) mass is 295 g/mol. The zero-order chi connectivity index (χ0) is 14.8. The van der Waals surface area contributed by atoms with Crippen LogP contribution in [-0.2, 0) is 6.54 Å². The molecular formula is C19H21NO2. The molecule has 0 aromatic heterocycles. The van der Waals surface area contributed by atoms with Crippen LogP contribution in [0.25, 0.3) is 0 Å². The molecule has 1 saturated carbocycles. The van der Waals surface area contributed by atoms with Gasteiger partial charge in [0.15, 0.2) is 11.5 Å². The van der Waals surface area contributed by atoms with Crippen molar-refractivity contribution in [1.29, 1.82) is 0 Å². The Morgan fingerprint density at radius 2 is 1.82 bits per heavy atom. The number of rotatable bonds is 4. The molecule has 3 heteroatoms. The normalized spacial score (nSPS) is 22.9. The molecule has 2 aromatic carbocycles. The molecule has 2 aliphatic rings. The van der Waals surface area contributed by atoms with E-state index in [-0.39, 0.29) is 0 Å². The molecule has 1 fully saturated rings. The van der Waals surface area contributed by atoms with Crippen LogP contribution in [0.4, 0.5) is 0 Å². The first kappa shape index (κ1) is 13.6. The minimum atomic E-state index is 0.574. The molecule has 3 nitrogen and oxygen atoms in total. The minimum absolute atomic E-state index is 0.574. The Morgan fingerprint density at radius 1 is 0.955 bits per heavy atom. The van der Waals surface area contributed by atoms with E-state index in [0.29, 0.717) is 12.0 Å². The molecule has 1 N–H and O–H groups in total. The zero-order valence-corrected chi connectivity index (χ0v) is 12.6. The van der Waals surface area contributed by atoms with Gasteiger partial charge in [0.2, 0.25) is 0 Å². The molecular weight excluding hydrogens is 274 g/mol. The van der Waals surface area contributed by atoms with Crippen LogP contribution in [0, 0.1) is 0 Å². The van der Waals surface area contributed by atoms with Crippen LogP contribution in [-0.4, -0.2) is 19.3 Å². The Labute approximate surface area is 131 Å². The van der Waals surface area contributed by atoms with Crippen LogP contribution < -0.4 is 14.8 Å². The number of hydrogen-bond donors (Lipinski definition) is 1. The molecule has 0 saturated heterocycles. The van der Waals surface area contributed by atoms with E-state index in [1.807, 2.05) is 12.1 Å². The third-order valence-electron chi connectivity index (χ3n) is 4.43. The third-order valence-corrected chi connectivity index (χ3v) is 4.43. The molecule has 0 radical (unpaired) electrons. The summed E-state index contributed by atoms with van der Waals surface area (Å²) >= 11 is 0. The van der Waals surface area contributed by atoms with E-state index in [0.717, 1.165) is 37.7 Å². The van der Waals surface area contributed by atoms with Crippen LogP contribution in [0.15, 0.2) is 48.5 Å². The van der Waals surface area contributed by atoms with Crippen molar-refractivity contribution in [2.24, 2.45) is 0 Å². The molecule has 0 bridgehead atoms. The standard InChI is InChI=1S/C19H21NO2/c1-2-6-14(7-3-1)16-12-17(16)20-13-15-8-4-9-18-19(15)22-11-5-10-21-18/h1-4,6-9,16-17,20H,5,10-13H2/t16-,17+/m0/s1. The number of benzene rings is 2. The molecule has 0 amide bonds. The van der Waals surface area contributed by atoms with Crippen LogP contribution in [0.2, 0.25) is 0 Å². The highest BCUT2D eigenvalue weighted by molar-refractivity contribution is 5.47. The van der Waals surface area contributed by atoms with E-state index in [1.54, 1.807) is 0 Å². The smallest absolute Gasteiger partial charge is 0.165 e. The van der Waals surface area contributed by atoms with Crippen molar-refractivity contribution in [3.05, 3.63) is 59.7 Å². The zero-order valence-electron chi connectivity index (χ0n) is 12.6. The molecule has 114 valence electrons. The maximum Gasteiger partial charge on any atom is 0.165 e. The average Bonchev–Trinajstić information content (AvgIpc) is 3.37. The van der Waals surface area contributed by atoms with E-state index in [1.165, 1.54) is 17.5 Å². The average molecular weight is 295 g/mol. The molecule has 0 unspecified atom stereocenters. The van der Waals surface area contributed by atoms with Gasteiger partial charge < -0.3 is 14.8 Å². The Balaban J connectivity index is 1.41. The molecule has 0 spiro atoms. The van der Waals surface area contributed by atoms with E-state index >= 15 is 0 Å². The highest BCUT2D eigenvalue weighted by Gasteiger charge is 2.37. The lowest BCUT2D eigenvalue weighted by molar-refractivity contribution is 0.296. The predicted octanol–water partition coefficient (Wildman–Crippen LogP) is 3.49. The van der Waals surface area contributed by atoms with Gasteiger partial charge in [-0.15, -0.1) is 0 Å². The molecule has 1 aliphatic carbocycles. The second-order valence-electron chi connectivity index (χ2n) is 6.04. The fourth-order valence-electron chi connectivity index (χ4n) is 3.12. The van der Waals surface area contributed by atoms with Crippen molar-refractivity contribution in [1.82, 2.24) is 5.32 Å². The first-order chi connectivity index (χ1) is 10.9. The second kappa shape index (κ2) is 6.01. The Kier molecular flexibility index (Phi) is 3.73. The Bertz CT molecular complexity index is 641. The SMILES string of the molecule is c1ccc([C@@H]2C[C@H]2NCc2cccc3c2OCCCO3)cc1. The summed E-state index contributed by atoms with van der Waals surface area (Å²) in [6.07, 6.45) is 2.16. The molecule has 4 rings (SSSR count). The Hall–Kier alpha value is -2.00. The van der Waals surface area contributed by atoms with Gasteiger partial charge in [-0.1, -0.05) is 42.5 Å². The topological polar surface area (TPSA) is 30.5 Å². The predicted molar refractivity (Wildman–Crippen MR) is 86.5 cm³/mol. The summed E-state index contributed by atoms with van der Waals surface area (Å²) in [7, 11) is 0. The first-order valence-corrected chi connectivity index (χ1v) is 8.07. The molecule has 2 aromatic rings. The maximum atomic E-state index is 5.88. The maximum absolute atomic E-state index is 5.88. The number of nitrogens with one attached hydrogen (secondary N) is 1. The van der Waals surface area contributed by atoms with Crippen molar-refractivity contribution in [2.45, 2.75) is 31.3 Å². The number of hydrogen-bond acceptors (Lipinski definition) is 3. The van der Waals surface area contributed by atoms with Gasteiger partial charge in [-0.3, -0.25) is 0 Å². The summed E-state index contributed by atoms with van der Waals surface area (Å²) in [6.45, 7) is 2.31. The summed E-state index contributed by atoms with van der Waals surface area (Å²) < 4.78 is 11.6. The lowest BCUT2D eigenvalue weighted by atomic mass is 10.1. The van der Waals surface area contributed by atoms with E-state index in [9.17, 15) is 0 Å². The fourth-order valence-corrected chi connectivity index (χ4v) is 3.12. The minimum Gasteiger partial charge on any atom is -0.490 e. The van der Waals surface area contributed by atoms with Gasteiger partial charge in [0, 0.05) is 30.5 Å². The third kappa shape index (κ3) is 2.81. The molecule has 1 heterocycles. The quantitative estimate of drug-likeness (QED) is 0.936. The van der Waals surface area contributed by atoms with Crippen molar-refractivity contribution in [3.63, 3.8) is 0 Å². The summed E-state index contributed by atoms with van der Waals surface area (Å²) in [4.78, 5) is 0. The highest BCUT2D eigenvalue weighted by atomic mass is 16.5. The van der Waals surface area contributed by atoms with Gasteiger partial charge in [-0.05, 0) is 18.1 Å². The summed E-state index contributed by atoms with van der Waals surface area (Å²) in [5.74, 6) is 2.46. The van der Waals surface area contributed by atoms with Crippen LogP contribution in [0.1, 0.15) is 29.9 Å². The fraction of sp³-hybridized carbons (Fsp3) is 0.368. The van der Waals surface area contributed by atoms with Gasteiger partial charge in [0.25, 0.3) is 0 Å². The van der Waals surface area contributed by atoms with Crippen LogP contribution in [0.3, 0.4) is 0 Å². The molecule has 1 aliphatic heterocycles. The van der Waals surface area contributed by atoms with Crippen LogP contribution in [0.5, 0.6) is 11.5 Å². The number of ether oxygens (including phenoxy) is 2. The highest BCUT2D eigenvalue weighted by Crippen LogP contribution is 2.41. The lowest BCUT2D eigenvalue weighted by Gasteiger charge is -2.13. The van der Waals surface area contributed by atoms with Crippen molar-refractivity contribution >= 4 is 0 Å². The van der Waals surface area contributed by atoms with E-state index in [2.05, 4.69) is 41.7 Å². The first-order valence-electron chi connectivity index (χ1n) is 8.07. The summed E-state index contributed by atoms with van der Waals surface area (Å²) in [6, 6.07) is 17.5.